The normalized spacial score (nSPS) is 12.8. The van der Waals surface area contributed by atoms with Gasteiger partial charge in [-0.25, -0.2) is 0 Å². The van der Waals surface area contributed by atoms with Gasteiger partial charge in [-0.1, -0.05) is 31.2 Å². The minimum absolute atomic E-state index is 0.805. The van der Waals surface area contributed by atoms with Crippen molar-refractivity contribution in [3.8, 4) is 0 Å². The lowest BCUT2D eigenvalue weighted by molar-refractivity contribution is 1.38. The van der Waals surface area contributed by atoms with Gasteiger partial charge in [-0.2, -0.15) is 0 Å². The van der Waals surface area contributed by atoms with Crippen LogP contribution in [0.5, 0.6) is 0 Å². The van der Waals surface area contributed by atoms with Crippen molar-refractivity contribution in [2.24, 2.45) is 0 Å². The van der Waals surface area contributed by atoms with E-state index in [0.717, 1.165) is 0 Å². The van der Waals surface area contributed by atoms with Crippen molar-refractivity contribution in [2.45, 2.75) is 25.7 Å². The van der Waals surface area contributed by atoms with Crippen LogP contribution in [0.25, 0.3) is 0 Å². The maximum absolute atomic E-state index is 5.36. The third-order valence-electron chi connectivity index (χ3n) is 1.12. The van der Waals surface area contributed by atoms with Crippen LogP contribution in [0.15, 0.2) is 10.9 Å². The predicted molar refractivity (Wildman–Crippen MR) is 55.6 cm³/mol. The van der Waals surface area contributed by atoms with Crippen LogP contribution in [0, 0.1) is 0 Å². The average Bonchev–Trinajstić information content (AvgIpc) is 1.78. The molecular formula is C7H15ClSSi. The van der Waals surface area contributed by atoms with E-state index in [4.69, 9.17) is 11.6 Å². The van der Waals surface area contributed by atoms with Crippen molar-refractivity contribution in [2.75, 3.05) is 5.75 Å². The Labute approximate surface area is 74.0 Å². The first-order valence-corrected chi connectivity index (χ1v) is 8.62. The fraction of sp³-hybridized carbons (Fsp3) is 0.714. The van der Waals surface area contributed by atoms with Crippen molar-refractivity contribution in [1.82, 2.24) is 0 Å². The average molecular weight is 195 g/mol. The van der Waals surface area contributed by atoms with Crippen LogP contribution >= 0.6 is 23.4 Å². The van der Waals surface area contributed by atoms with E-state index in [1.165, 1.54) is 11.8 Å². The zero-order chi connectivity index (χ0) is 8.04. The van der Waals surface area contributed by atoms with E-state index >= 15 is 0 Å². The molecule has 0 saturated carbocycles. The summed E-state index contributed by atoms with van der Waals surface area (Å²) in [6, 6.07) is 1.37. The fourth-order valence-corrected chi connectivity index (χ4v) is 3.82. The van der Waals surface area contributed by atoms with Crippen LogP contribution < -0.4 is 0 Å². The molecule has 0 aromatic rings. The lowest BCUT2D eigenvalue weighted by Gasteiger charge is -2.13. The molecule has 0 heterocycles. The highest BCUT2D eigenvalue weighted by Crippen LogP contribution is 2.14. The molecule has 0 rings (SSSR count). The molecule has 0 saturated heterocycles. The lowest BCUT2D eigenvalue weighted by atomic mass is 11.0. The van der Waals surface area contributed by atoms with Crippen LogP contribution in [0.4, 0.5) is 0 Å². The molecule has 0 nitrogen and oxygen atoms in total. The van der Waals surface area contributed by atoms with Gasteiger partial charge in [-0.05, 0) is 17.2 Å². The Morgan fingerprint density at radius 1 is 1.40 bits per heavy atom. The third-order valence-corrected chi connectivity index (χ3v) is 4.27. The minimum atomic E-state index is -0.805. The van der Waals surface area contributed by atoms with Crippen LogP contribution in [-0.2, 0) is 0 Å². The van der Waals surface area contributed by atoms with E-state index in [9.17, 15) is 0 Å². The standard InChI is InChI=1S/C7H15ClSSi/c1-10(2,3)7-6-9-5-4-8/h4-5H,6-7H2,1-3H3/b5-4+. The van der Waals surface area contributed by atoms with Crippen molar-refractivity contribution < 1.29 is 0 Å². The Hall–Kier alpha value is 0.597. The van der Waals surface area contributed by atoms with Crippen LogP contribution in [0.3, 0.4) is 0 Å². The summed E-state index contributed by atoms with van der Waals surface area (Å²) in [5.74, 6) is 1.22. The largest absolute Gasteiger partial charge is 0.134 e. The molecule has 0 spiro atoms. The monoisotopic (exact) mass is 194 g/mol. The molecule has 0 aromatic carbocycles. The summed E-state index contributed by atoms with van der Waals surface area (Å²) in [5.41, 5.74) is 1.58. The summed E-state index contributed by atoms with van der Waals surface area (Å²) in [4.78, 5) is 0. The van der Waals surface area contributed by atoms with Gasteiger partial charge in [0.2, 0.25) is 0 Å². The Balaban J connectivity index is 3.20. The molecule has 0 radical (unpaired) electrons. The second-order valence-corrected chi connectivity index (χ2v) is 10.3. The van der Waals surface area contributed by atoms with Crippen LogP contribution in [0.1, 0.15) is 0 Å². The van der Waals surface area contributed by atoms with Gasteiger partial charge in [0.1, 0.15) is 0 Å². The molecule has 0 amide bonds. The molecule has 0 N–H and O–H groups in total. The number of hydrogen-bond acceptors (Lipinski definition) is 1. The number of rotatable bonds is 4. The van der Waals surface area contributed by atoms with E-state index in [0.29, 0.717) is 0 Å². The van der Waals surface area contributed by atoms with Crippen molar-refractivity contribution in [3.05, 3.63) is 10.9 Å². The summed E-state index contributed by atoms with van der Waals surface area (Å²) in [5, 5.41) is 1.95. The maximum Gasteiger partial charge on any atom is 0.0450 e. The third kappa shape index (κ3) is 8.60. The predicted octanol–water partition coefficient (Wildman–Crippen LogP) is 3.77. The van der Waals surface area contributed by atoms with E-state index in [1.807, 2.05) is 5.41 Å². The van der Waals surface area contributed by atoms with Gasteiger partial charge in [0.25, 0.3) is 0 Å². The molecule has 0 aliphatic rings. The first-order valence-electron chi connectivity index (χ1n) is 3.43. The van der Waals surface area contributed by atoms with E-state index in [2.05, 4.69) is 19.6 Å². The number of thioether (sulfide) groups is 1. The summed E-state index contributed by atoms with van der Waals surface area (Å²) in [6.45, 7) is 7.16. The SMILES string of the molecule is C[Si](C)(C)CCS/C=C/Cl. The molecule has 0 aliphatic heterocycles. The molecule has 0 bridgehead atoms. The second-order valence-electron chi connectivity index (χ2n) is 3.44. The topological polar surface area (TPSA) is 0 Å². The Kier molecular flexibility index (Phi) is 5.59. The molecular weight excluding hydrogens is 180 g/mol. The molecule has 10 heavy (non-hydrogen) atoms. The van der Waals surface area contributed by atoms with E-state index < -0.39 is 8.07 Å². The van der Waals surface area contributed by atoms with Gasteiger partial charge in [0.05, 0.1) is 0 Å². The molecule has 0 aliphatic carbocycles. The molecule has 60 valence electrons. The van der Waals surface area contributed by atoms with Crippen LogP contribution in [-0.4, -0.2) is 13.8 Å². The van der Waals surface area contributed by atoms with Gasteiger partial charge < -0.3 is 0 Å². The van der Waals surface area contributed by atoms with E-state index in [-0.39, 0.29) is 0 Å². The maximum atomic E-state index is 5.36. The first kappa shape index (κ1) is 10.6. The summed E-state index contributed by atoms with van der Waals surface area (Å²) in [7, 11) is -0.805. The summed E-state index contributed by atoms with van der Waals surface area (Å²) in [6.07, 6.45) is 0. The van der Waals surface area contributed by atoms with Crippen molar-refractivity contribution >= 4 is 31.4 Å². The Bertz CT molecular complexity index is 107. The van der Waals surface area contributed by atoms with Gasteiger partial charge in [-0.3, -0.25) is 0 Å². The molecule has 0 fully saturated rings. The highest BCUT2D eigenvalue weighted by molar-refractivity contribution is 8.02. The molecule has 0 aromatic heterocycles. The smallest absolute Gasteiger partial charge is 0.0450 e. The highest BCUT2D eigenvalue weighted by atomic mass is 35.5. The second kappa shape index (κ2) is 5.27. The van der Waals surface area contributed by atoms with Crippen molar-refractivity contribution in [3.63, 3.8) is 0 Å². The Morgan fingerprint density at radius 2 is 2.00 bits per heavy atom. The molecule has 0 unspecified atom stereocenters. The minimum Gasteiger partial charge on any atom is -0.134 e. The number of halogens is 1. The summed E-state index contributed by atoms with van der Waals surface area (Å²) < 4.78 is 0. The van der Waals surface area contributed by atoms with Crippen molar-refractivity contribution in [1.29, 1.82) is 0 Å². The number of hydrogen-bond donors (Lipinski definition) is 0. The summed E-state index contributed by atoms with van der Waals surface area (Å²) >= 11 is 7.16. The quantitative estimate of drug-likeness (QED) is 0.485. The molecule has 3 heteroatoms. The Morgan fingerprint density at radius 3 is 2.40 bits per heavy atom. The van der Waals surface area contributed by atoms with Gasteiger partial charge in [0, 0.05) is 13.6 Å². The van der Waals surface area contributed by atoms with Crippen LogP contribution in [0.2, 0.25) is 25.7 Å². The van der Waals surface area contributed by atoms with Gasteiger partial charge in [0.15, 0.2) is 0 Å². The lowest BCUT2D eigenvalue weighted by Crippen LogP contribution is -2.19. The molecule has 0 atom stereocenters. The van der Waals surface area contributed by atoms with E-state index in [1.54, 1.807) is 17.3 Å². The zero-order valence-corrected chi connectivity index (χ0v) is 9.43. The first-order chi connectivity index (χ1) is 4.56. The zero-order valence-electron chi connectivity index (χ0n) is 6.86. The highest BCUT2D eigenvalue weighted by Gasteiger charge is 2.10. The van der Waals surface area contributed by atoms with Gasteiger partial charge >= 0.3 is 0 Å². The van der Waals surface area contributed by atoms with Gasteiger partial charge in [-0.15, -0.1) is 11.8 Å². The fourth-order valence-electron chi connectivity index (χ4n) is 0.470.